The van der Waals surface area contributed by atoms with Crippen molar-refractivity contribution in [1.29, 1.82) is 0 Å². The van der Waals surface area contributed by atoms with Crippen LogP contribution in [0.2, 0.25) is 5.02 Å². The highest BCUT2D eigenvalue weighted by Gasteiger charge is 1.98. The first-order valence-corrected chi connectivity index (χ1v) is 4.50. The quantitative estimate of drug-likeness (QED) is 0.631. The maximum absolute atomic E-state index is 5.95. The summed E-state index contributed by atoms with van der Waals surface area (Å²) in [4.78, 5) is 0. The molecule has 0 fully saturated rings. The Morgan fingerprint density at radius 2 is 1.92 bits per heavy atom. The molecule has 1 heteroatoms. The molecule has 0 saturated carbocycles. The van der Waals surface area contributed by atoms with Crippen molar-refractivity contribution >= 4 is 28.4 Å². The Labute approximate surface area is 82.5 Å². The lowest BCUT2D eigenvalue weighted by Crippen LogP contribution is -1.77. The van der Waals surface area contributed by atoms with Gasteiger partial charge >= 0.3 is 0 Å². The number of hydrogen-bond acceptors (Lipinski definition) is 0. The maximum Gasteiger partial charge on any atom is 0.0418 e. The van der Waals surface area contributed by atoms with E-state index in [1.807, 2.05) is 36.4 Å². The van der Waals surface area contributed by atoms with Crippen LogP contribution in [0.4, 0.5) is 0 Å². The predicted molar refractivity (Wildman–Crippen MR) is 59.0 cm³/mol. The molecule has 0 aliphatic rings. The zero-order chi connectivity index (χ0) is 9.26. The van der Waals surface area contributed by atoms with Gasteiger partial charge in [0, 0.05) is 5.02 Å². The molecule has 0 heterocycles. The van der Waals surface area contributed by atoms with E-state index in [1.165, 1.54) is 5.39 Å². The summed E-state index contributed by atoms with van der Waals surface area (Å²) in [5, 5.41) is 3.11. The van der Waals surface area contributed by atoms with Crippen LogP contribution >= 0.6 is 11.6 Å². The van der Waals surface area contributed by atoms with Crippen molar-refractivity contribution in [3.05, 3.63) is 53.6 Å². The molecule has 64 valence electrons. The summed E-state index contributed by atoms with van der Waals surface area (Å²) >= 11 is 5.95. The minimum Gasteiger partial charge on any atom is -0.0984 e. The number of fused-ring (bicyclic) bond motifs is 1. The van der Waals surface area contributed by atoms with Crippen LogP contribution in [0.5, 0.6) is 0 Å². The van der Waals surface area contributed by atoms with Crippen molar-refractivity contribution in [2.75, 3.05) is 0 Å². The van der Waals surface area contributed by atoms with Gasteiger partial charge in [0.15, 0.2) is 0 Å². The van der Waals surface area contributed by atoms with E-state index in [2.05, 4.69) is 12.6 Å². The largest absolute Gasteiger partial charge is 0.0984 e. The lowest BCUT2D eigenvalue weighted by Gasteiger charge is -2.02. The molecule has 0 N–H and O–H groups in total. The maximum atomic E-state index is 5.95. The van der Waals surface area contributed by atoms with Crippen LogP contribution in [0.25, 0.3) is 16.8 Å². The van der Waals surface area contributed by atoms with Crippen molar-refractivity contribution in [2.24, 2.45) is 0 Å². The zero-order valence-corrected chi connectivity index (χ0v) is 7.88. The molecule has 0 radical (unpaired) electrons. The van der Waals surface area contributed by atoms with Gasteiger partial charge in [-0.2, -0.15) is 0 Å². The normalized spacial score (nSPS) is 10.2. The van der Waals surface area contributed by atoms with E-state index >= 15 is 0 Å². The molecule has 0 unspecified atom stereocenters. The number of halogens is 1. The van der Waals surface area contributed by atoms with Gasteiger partial charge in [0.2, 0.25) is 0 Å². The first-order chi connectivity index (χ1) is 6.31. The van der Waals surface area contributed by atoms with Gasteiger partial charge in [-0.25, -0.2) is 0 Å². The van der Waals surface area contributed by atoms with Gasteiger partial charge in [0.25, 0.3) is 0 Å². The van der Waals surface area contributed by atoms with Crippen molar-refractivity contribution in [3.8, 4) is 0 Å². The summed E-state index contributed by atoms with van der Waals surface area (Å²) in [6, 6.07) is 12.0. The minimum atomic E-state index is 0.758. The minimum absolute atomic E-state index is 0.758. The van der Waals surface area contributed by atoms with Crippen molar-refractivity contribution in [1.82, 2.24) is 0 Å². The fraction of sp³-hybridized carbons (Fsp3) is 0. The average molecular weight is 189 g/mol. The van der Waals surface area contributed by atoms with Gasteiger partial charge < -0.3 is 0 Å². The van der Waals surface area contributed by atoms with E-state index in [9.17, 15) is 0 Å². The second-order valence-electron chi connectivity index (χ2n) is 2.92. The van der Waals surface area contributed by atoms with E-state index in [1.54, 1.807) is 0 Å². The fourth-order valence-corrected chi connectivity index (χ4v) is 1.71. The molecule has 0 atom stereocenters. The predicted octanol–water partition coefficient (Wildman–Crippen LogP) is 4.14. The fourth-order valence-electron chi connectivity index (χ4n) is 1.47. The Morgan fingerprint density at radius 3 is 2.69 bits per heavy atom. The summed E-state index contributed by atoms with van der Waals surface area (Å²) < 4.78 is 0. The van der Waals surface area contributed by atoms with Crippen LogP contribution < -0.4 is 0 Å². The summed E-state index contributed by atoms with van der Waals surface area (Å²) in [5.74, 6) is 0. The van der Waals surface area contributed by atoms with Gasteiger partial charge in [-0.05, 0) is 28.5 Å². The van der Waals surface area contributed by atoms with Crippen molar-refractivity contribution < 1.29 is 0 Å². The third-order valence-electron chi connectivity index (χ3n) is 2.08. The third kappa shape index (κ3) is 1.45. The molecule has 0 spiro atoms. The van der Waals surface area contributed by atoms with Crippen molar-refractivity contribution in [3.63, 3.8) is 0 Å². The van der Waals surface area contributed by atoms with Crippen LogP contribution in [0, 0.1) is 0 Å². The number of hydrogen-bond donors (Lipinski definition) is 0. The molecule has 0 aromatic heterocycles. The number of benzene rings is 2. The SMILES string of the molecule is C=Cc1cc(Cl)cc2ccccc12. The van der Waals surface area contributed by atoms with Crippen molar-refractivity contribution in [2.45, 2.75) is 0 Å². The molecule has 0 bridgehead atoms. The molecular weight excluding hydrogens is 180 g/mol. The molecule has 0 amide bonds. The third-order valence-corrected chi connectivity index (χ3v) is 2.30. The van der Waals surface area contributed by atoms with Gasteiger partial charge in [0.1, 0.15) is 0 Å². The van der Waals surface area contributed by atoms with E-state index in [4.69, 9.17) is 11.6 Å². The Hall–Kier alpha value is -1.27. The average Bonchev–Trinajstić information content (AvgIpc) is 2.16. The molecule has 0 aliphatic heterocycles. The lowest BCUT2D eigenvalue weighted by molar-refractivity contribution is 1.71. The highest BCUT2D eigenvalue weighted by Crippen LogP contribution is 2.24. The van der Waals surface area contributed by atoms with Gasteiger partial charge in [-0.15, -0.1) is 0 Å². The molecule has 13 heavy (non-hydrogen) atoms. The first kappa shape index (κ1) is 8.33. The standard InChI is InChI=1S/C12H9Cl/c1-2-9-7-11(13)8-10-5-3-4-6-12(9)10/h2-8H,1H2. The second-order valence-corrected chi connectivity index (χ2v) is 3.36. The summed E-state index contributed by atoms with van der Waals surface area (Å²) in [5.41, 5.74) is 1.09. The molecule has 0 nitrogen and oxygen atoms in total. The van der Waals surface area contributed by atoms with Gasteiger partial charge in [0.05, 0.1) is 0 Å². The highest BCUT2D eigenvalue weighted by molar-refractivity contribution is 6.31. The highest BCUT2D eigenvalue weighted by atomic mass is 35.5. The molecular formula is C12H9Cl. The topological polar surface area (TPSA) is 0 Å². The van der Waals surface area contributed by atoms with E-state index in [-0.39, 0.29) is 0 Å². The van der Waals surface area contributed by atoms with E-state index in [0.717, 1.165) is 16.0 Å². The Kier molecular flexibility index (Phi) is 2.07. The van der Waals surface area contributed by atoms with Crippen LogP contribution in [-0.2, 0) is 0 Å². The molecule has 2 aromatic carbocycles. The molecule has 2 aromatic rings. The van der Waals surface area contributed by atoms with E-state index < -0.39 is 0 Å². The monoisotopic (exact) mass is 188 g/mol. The Bertz CT molecular complexity index is 458. The molecule has 0 aliphatic carbocycles. The van der Waals surface area contributed by atoms with Gasteiger partial charge in [-0.3, -0.25) is 0 Å². The summed E-state index contributed by atoms with van der Waals surface area (Å²) in [6.45, 7) is 3.76. The van der Waals surface area contributed by atoms with E-state index in [0.29, 0.717) is 0 Å². The summed E-state index contributed by atoms with van der Waals surface area (Å²) in [6.07, 6.45) is 1.83. The lowest BCUT2D eigenvalue weighted by atomic mass is 10.0. The Balaban J connectivity index is 2.89. The second kappa shape index (κ2) is 3.23. The zero-order valence-electron chi connectivity index (χ0n) is 7.13. The Morgan fingerprint density at radius 1 is 1.15 bits per heavy atom. The molecule has 0 saturated heterocycles. The molecule has 2 rings (SSSR count). The van der Waals surface area contributed by atoms with Crippen LogP contribution in [0.15, 0.2) is 43.0 Å². The van der Waals surface area contributed by atoms with Gasteiger partial charge in [-0.1, -0.05) is 48.5 Å². The van der Waals surface area contributed by atoms with Crippen LogP contribution in [0.1, 0.15) is 5.56 Å². The van der Waals surface area contributed by atoms with Crippen LogP contribution in [0.3, 0.4) is 0 Å². The van der Waals surface area contributed by atoms with Crippen LogP contribution in [-0.4, -0.2) is 0 Å². The smallest absolute Gasteiger partial charge is 0.0418 e. The summed E-state index contributed by atoms with van der Waals surface area (Å²) in [7, 11) is 0. The number of rotatable bonds is 1. The first-order valence-electron chi connectivity index (χ1n) is 4.12.